The second-order valence-electron chi connectivity index (χ2n) is 2.32. The predicted molar refractivity (Wildman–Crippen MR) is 51.4 cm³/mol. The summed E-state index contributed by atoms with van der Waals surface area (Å²) in [6.07, 6.45) is 0. The molecule has 1 rings (SSSR count). The molecule has 0 aromatic heterocycles. The van der Waals surface area contributed by atoms with Crippen molar-refractivity contribution in [3.63, 3.8) is 0 Å². The molecule has 0 bridgehead atoms. The summed E-state index contributed by atoms with van der Waals surface area (Å²) in [6, 6.07) is 6.18. The number of hydroxylamine groups is 1. The maximum atomic E-state index is 10.9. The van der Waals surface area contributed by atoms with Crippen LogP contribution in [0.4, 0.5) is 5.69 Å². The van der Waals surface area contributed by atoms with Crippen molar-refractivity contribution < 1.29 is 10.0 Å². The van der Waals surface area contributed by atoms with Crippen LogP contribution in [0.2, 0.25) is 5.02 Å². The van der Waals surface area contributed by atoms with Crippen molar-refractivity contribution >= 4 is 34.8 Å². The molecule has 0 aliphatic heterocycles. The number of hydrogen-bond acceptors (Lipinski definition) is 2. The summed E-state index contributed by atoms with van der Waals surface area (Å²) >= 11 is 10.9. The number of halogens is 2. The normalized spacial score (nSPS) is 9.77. The van der Waals surface area contributed by atoms with Crippen molar-refractivity contribution in [2.45, 2.75) is 0 Å². The van der Waals surface area contributed by atoms with Crippen LogP contribution in [-0.4, -0.2) is 17.0 Å². The summed E-state index contributed by atoms with van der Waals surface area (Å²) in [7, 11) is 0. The summed E-state index contributed by atoms with van der Waals surface area (Å²) in [4.78, 5) is 10.9. The monoisotopic (exact) mass is 219 g/mol. The fourth-order valence-corrected chi connectivity index (χ4v) is 1.02. The molecule has 1 amide bonds. The average Bonchev–Trinajstić information content (AvgIpc) is 2.17. The van der Waals surface area contributed by atoms with Gasteiger partial charge in [0.15, 0.2) is 0 Å². The topological polar surface area (TPSA) is 40.5 Å². The fraction of sp³-hybridized carbons (Fsp3) is 0.125. The maximum absolute atomic E-state index is 10.9. The van der Waals surface area contributed by atoms with E-state index in [4.69, 9.17) is 23.2 Å². The lowest BCUT2D eigenvalue weighted by Crippen LogP contribution is -2.27. The highest BCUT2D eigenvalue weighted by Crippen LogP contribution is 2.16. The number of carbonyl (C=O) groups is 1. The maximum Gasteiger partial charge on any atom is 0.265 e. The quantitative estimate of drug-likeness (QED) is 0.472. The second-order valence-corrected chi connectivity index (χ2v) is 3.02. The lowest BCUT2D eigenvalue weighted by molar-refractivity contribution is -0.121. The SMILES string of the molecule is O=C(CCl)N(O)c1ccc(Cl)cc1. The van der Waals surface area contributed by atoms with Gasteiger partial charge in [-0.3, -0.25) is 10.0 Å². The molecule has 70 valence electrons. The standard InChI is InChI=1S/C8H7Cl2NO2/c9-5-8(12)11(13)7-3-1-6(10)2-4-7/h1-4,13H,5H2. The van der Waals surface area contributed by atoms with E-state index in [-0.39, 0.29) is 5.88 Å². The van der Waals surface area contributed by atoms with Crippen molar-refractivity contribution in [1.82, 2.24) is 0 Å². The highest BCUT2D eigenvalue weighted by molar-refractivity contribution is 6.31. The molecule has 13 heavy (non-hydrogen) atoms. The molecule has 1 aromatic rings. The molecular formula is C8H7Cl2NO2. The summed E-state index contributed by atoms with van der Waals surface area (Å²) in [5, 5.41) is 10.3. The third kappa shape index (κ3) is 2.59. The third-order valence-corrected chi connectivity index (χ3v) is 1.90. The Morgan fingerprint density at radius 3 is 2.38 bits per heavy atom. The van der Waals surface area contributed by atoms with Crippen LogP contribution in [0, 0.1) is 0 Å². The van der Waals surface area contributed by atoms with Crippen LogP contribution in [0.1, 0.15) is 0 Å². The molecule has 1 N–H and O–H groups in total. The first kappa shape index (κ1) is 10.3. The minimum absolute atomic E-state index is 0.265. The second kappa shape index (κ2) is 4.46. The molecule has 3 nitrogen and oxygen atoms in total. The van der Waals surface area contributed by atoms with E-state index in [2.05, 4.69) is 0 Å². The Hall–Kier alpha value is -0.770. The van der Waals surface area contributed by atoms with Gasteiger partial charge in [0.25, 0.3) is 5.91 Å². The van der Waals surface area contributed by atoms with Crippen LogP contribution in [-0.2, 0) is 4.79 Å². The van der Waals surface area contributed by atoms with Gasteiger partial charge in [-0.15, -0.1) is 11.6 Å². The Balaban J connectivity index is 2.83. The van der Waals surface area contributed by atoms with Gasteiger partial charge in [-0.25, -0.2) is 0 Å². The first-order valence-electron chi connectivity index (χ1n) is 3.48. The Morgan fingerprint density at radius 2 is 1.92 bits per heavy atom. The summed E-state index contributed by atoms with van der Waals surface area (Å²) in [5.41, 5.74) is 0.343. The number of nitrogens with zero attached hydrogens (tertiary/aromatic N) is 1. The number of alkyl halides is 1. The lowest BCUT2D eigenvalue weighted by Gasteiger charge is -2.12. The summed E-state index contributed by atoms with van der Waals surface area (Å²) in [6.45, 7) is 0. The minimum atomic E-state index is -0.580. The Labute approximate surface area is 85.4 Å². The van der Waals surface area contributed by atoms with E-state index in [9.17, 15) is 10.0 Å². The Kier molecular flexibility index (Phi) is 3.54. The molecule has 0 fully saturated rings. The molecule has 0 radical (unpaired) electrons. The average molecular weight is 220 g/mol. The molecule has 0 atom stereocenters. The van der Waals surface area contributed by atoms with Gasteiger partial charge in [0, 0.05) is 5.02 Å². The van der Waals surface area contributed by atoms with Crippen LogP contribution in [0.25, 0.3) is 0 Å². The summed E-state index contributed by atoms with van der Waals surface area (Å²) in [5.74, 6) is -0.844. The summed E-state index contributed by atoms with van der Waals surface area (Å²) < 4.78 is 0. The number of benzene rings is 1. The van der Waals surface area contributed by atoms with Gasteiger partial charge in [0.2, 0.25) is 0 Å². The molecule has 0 heterocycles. The van der Waals surface area contributed by atoms with E-state index in [1.807, 2.05) is 0 Å². The van der Waals surface area contributed by atoms with E-state index in [0.717, 1.165) is 0 Å². The molecular weight excluding hydrogens is 213 g/mol. The molecule has 0 saturated carbocycles. The third-order valence-electron chi connectivity index (χ3n) is 1.42. The number of carbonyl (C=O) groups excluding carboxylic acids is 1. The zero-order valence-corrected chi connectivity index (χ0v) is 8.09. The first-order valence-corrected chi connectivity index (χ1v) is 4.39. The van der Waals surface area contributed by atoms with Gasteiger partial charge < -0.3 is 0 Å². The Morgan fingerprint density at radius 1 is 1.38 bits per heavy atom. The van der Waals surface area contributed by atoms with Crippen molar-refractivity contribution in [2.24, 2.45) is 0 Å². The van der Waals surface area contributed by atoms with Crippen LogP contribution >= 0.6 is 23.2 Å². The molecule has 1 aromatic carbocycles. The largest absolute Gasteiger partial charge is 0.281 e. The van der Waals surface area contributed by atoms with E-state index in [0.29, 0.717) is 15.8 Å². The van der Waals surface area contributed by atoms with Gasteiger partial charge in [-0.1, -0.05) is 11.6 Å². The van der Waals surface area contributed by atoms with E-state index < -0.39 is 5.91 Å². The van der Waals surface area contributed by atoms with E-state index in [1.54, 1.807) is 12.1 Å². The van der Waals surface area contributed by atoms with Crippen LogP contribution in [0.15, 0.2) is 24.3 Å². The van der Waals surface area contributed by atoms with Gasteiger partial charge >= 0.3 is 0 Å². The number of hydrogen-bond donors (Lipinski definition) is 1. The Bertz CT molecular complexity index is 300. The van der Waals surface area contributed by atoms with Crippen molar-refractivity contribution in [2.75, 3.05) is 10.9 Å². The van der Waals surface area contributed by atoms with Crippen LogP contribution in [0.3, 0.4) is 0 Å². The molecule has 0 spiro atoms. The molecule has 0 saturated heterocycles. The molecule has 0 aliphatic carbocycles. The molecule has 0 unspecified atom stereocenters. The molecule has 5 heteroatoms. The highest BCUT2D eigenvalue weighted by Gasteiger charge is 2.10. The van der Waals surface area contributed by atoms with Crippen molar-refractivity contribution in [1.29, 1.82) is 0 Å². The minimum Gasteiger partial charge on any atom is -0.281 e. The highest BCUT2D eigenvalue weighted by atomic mass is 35.5. The fourth-order valence-electron chi connectivity index (χ4n) is 0.783. The number of rotatable bonds is 2. The van der Waals surface area contributed by atoms with E-state index in [1.165, 1.54) is 12.1 Å². The molecule has 0 aliphatic rings. The van der Waals surface area contributed by atoms with Gasteiger partial charge in [0.1, 0.15) is 5.88 Å². The lowest BCUT2D eigenvalue weighted by atomic mass is 10.3. The smallest absolute Gasteiger partial charge is 0.265 e. The zero-order chi connectivity index (χ0) is 9.84. The van der Waals surface area contributed by atoms with E-state index >= 15 is 0 Å². The first-order chi connectivity index (χ1) is 6.15. The van der Waals surface area contributed by atoms with Crippen LogP contribution < -0.4 is 5.06 Å². The predicted octanol–water partition coefficient (Wildman–Crippen LogP) is 2.30. The van der Waals surface area contributed by atoms with Crippen LogP contribution in [0.5, 0.6) is 0 Å². The van der Waals surface area contributed by atoms with Crippen molar-refractivity contribution in [3.05, 3.63) is 29.3 Å². The number of amides is 1. The number of anilines is 1. The zero-order valence-electron chi connectivity index (χ0n) is 6.58. The van der Waals surface area contributed by atoms with Gasteiger partial charge in [0.05, 0.1) is 5.69 Å². The van der Waals surface area contributed by atoms with Gasteiger partial charge in [-0.2, -0.15) is 5.06 Å². The van der Waals surface area contributed by atoms with Gasteiger partial charge in [-0.05, 0) is 24.3 Å². The van der Waals surface area contributed by atoms with Crippen molar-refractivity contribution in [3.8, 4) is 0 Å².